The molecule has 9 aromatic rings. The maximum Gasteiger partial charge on any atom is 0.161 e. The van der Waals surface area contributed by atoms with Gasteiger partial charge in [0.05, 0.1) is 39.4 Å². The number of nitrogens with zero attached hydrogens (tertiary/aromatic N) is 6. The van der Waals surface area contributed by atoms with E-state index in [0.717, 1.165) is 52.3 Å². The van der Waals surface area contributed by atoms with Gasteiger partial charge in [-0.05, 0) is 101 Å². The molecule has 6 aromatic carbocycles. The van der Waals surface area contributed by atoms with E-state index >= 15 is 0 Å². The quantitative estimate of drug-likeness (QED) is 0.138. The first-order valence-electron chi connectivity index (χ1n) is 22.6. The maximum atomic E-state index is 5.92. The smallest absolute Gasteiger partial charge is 0.161 e. The van der Waals surface area contributed by atoms with Gasteiger partial charge in [0.2, 0.25) is 0 Å². The molecule has 1 aliphatic rings. The molecule has 0 fully saturated rings. The van der Waals surface area contributed by atoms with E-state index in [1.807, 2.05) is 12.4 Å². The van der Waals surface area contributed by atoms with Crippen molar-refractivity contribution in [2.24, 2.45) is 5.10 Å². The van der Waals surface area contributed by atoms with E-state index in [0.29, 0.717) is 11.8 Å². The summed E-state index contributed by atoms with van der Waals surface area (Å²) in [5.74, 6) is 3.13. The van der Waals surface area contributed by atoms with Crippen LogP contribution in [0.15, 0.2) is 145 Å². The van der Waals surface area contributed by atoms with Crippen LogP contribution in [-0.4, -0.2) is 25.0 Å². The number of anilines is 2. The molecule has 4 heterocycles. The van der Waals surface area contributed by atoms with Gasteiger partial charge in [-0.25, -0.2) is 9.66 Å². The van der Waals surface area contributed by atoms with E-state index in [-0.39, 0.29) is 17.8 Å². The fourth-order valence-electron chi connectivity index (χ4n) is 10.3. The van der Waals surface area contributed by atoms with E-state index in [1.54, 1.807) is 0 Å². The molecule has 0 saturated carbocycles. The van der Waals surface area contributed by atoms with Gasteiger partial charge in [0.25, 0.3) is 0 Å². The molecular weight excluding hydrogens is 757 g/mol. The molecule has 310 valence electrons. The van der Waals surface area contributed by atoms with Crippen LogP contribution in [0.4, 0.5) is 11.5 Å². The lowest BCUT2D eigenvalue weighted by atomic mass is 9.84. The van der Waals surface area contributed by atoms with Crippen LogP contribution in [-0.2, 0) is 6.42 Å². The highest BCUT2D eigenvalue weighted by Crippen LogP contribution is 2.48. The minimum atomic E-state index is -0.104. The number of fused-ring (bicyclic) bond motifs is 7. The van der Waals surface area contributed by atoms with Crippen LogP contribution in [0.25, 0.3) is 49.3 Å². The molecule has 0 amide bonds. The van der Waals surface area contributed by atoms with E-state index in [4.69, 9.17) is 15.1 Å². The monoisotopic (exact) mass is 812 g/mol. The highest BCUT2D eigenvalue weighted by molar-refractivity contribution is 6.15. The first kappa shape index (κ1) is 39.6. The second-order valence-electron chi connectivity index (χ2n) is 18.4. The van der Waals surface area contributed by atoms with Crippen molar-refractivity contribution in [1.82, 2.24) is 19.2 Å². The number of amidine groups is 1. The molecule has 0 bridgehead atoms. The minimum absolute atomic E-state index is 0.104. The summed E-state index contributed by atoms with van der Waals surface area (Å²) >= 11 is 0. The molecule has 3 aromatic heterocycles. The Morgan fingerprint density at radius 1 is 0.516 bits per heavy atom. The zero-order valence-corrected chi connectivity index (χ0v) is 37.3. The van der Waals surface area contributed by atoms with Gasteiger partial charge in [-0.2, -0.15) is 5.10 Å². The topological polar surface area (TPSA) is 51.2 Å². The lowest BCUT2D eigenvalue weighted by molar-refractivity contribution is 0.715. The van der Waals surface area contributed by atoms with Gasteiger partial charge in [-0.15, -0.1) is 0 Å². The van der Waals surface area contributed by atoms with Crippen molar-refractivity contribution in [2.75, 3.05) is 4.90 Å². The molecule has 0 aliphatic carbocycles. The average molecular weight is 813 g/mol. The van der Waals surface area contributed by atoms with Gasteiger partial charge < -0.3 is 4.57 Å². The molecule has 0 radical (unpaired) electrons. The third-order valence-corrected chi connectivity index (χ3v) is 13.2. The minimum Gasteiger partial charge on any atom is -0.309 e. The highest BCUT2D eigenvalue weighted by atomic mass is 15.4. The Hall–Kier alpha value is -6.53. The third kappa shape index (κ3) is 6.42. The number of para-hydroxylation sites is 4. The lowest BCUT2D eigenvalue weighted by Gasteiger charge is -2.29. The Kier molecular flexibility index (Phi) is 10.1. The Bertz CT molecular complexity index is 3070. The molecule has 1 atom stereocenters. The molecule has 6 heteroatoms. The number of benzene rings is 6. The Balaban J connectivity index is 1.22. The van der Waals surface area contributed by atoms with Gasteiger partial charge in [-0.3, -0.25) is 9.88 Å². The van der Waals surface area contributed by atoms with Crippen molar-refractivity contribution in [3.05, 3.63) is 173 Å². The van der Waals surface area contributed by atoms with Crippen LogP contribution in [0.5, 0.6) is 0 Å². The molecule has 6 nitrogen and oxygen atoms in total. The summed E-state index contributed by atoms with van der Waals surface area (Å²) in [6, 6.07) is 46.8. The predicted molar refractivity (Wildman–Crippen MR) is 261 cm³/mol. The van der Waals surface area contributed by atoms with Crippen LogP contribution in [0.1, 0.15) is 125 Å². The zero-order valence-electron chi connectivity index (χ0n) is 37.3. The normalized spacial score (nSPS) is 15.0. The van der Waals surface area contributed by atoms with Crippen LogP contribution >= 0.6 is 0 Å². The first-order valence-corrected chi connectivity index (χ1v) is 22.6. The van der Waals surface area contributed by atoms with Gasteiger partial charge in [0.1, 0.15) is 5.84 Å². The van der Waals surface area contributed by atoms with E-state index in [9.17, 15) is 0 Å². The SMILES string of the molecule is CC(C)c1cccc(C(C)C)c1CCC1/C(=N/n2c3ccccc3c3cc(-n4c5ccccc5c5ccccc54)ccc32)N(c2c(C(C)C)cccc2C(C)C)c2nccnc21. The Morgan fingerprint density at radius 3 is 1.60 bits per heavy atom. The van der Waals surface area contributed by atoms with E-state index in [1.165, 1.54) is 60.7 Å². The van der Waals surface area contributed by atoms with Crippen molar-refractivity contribution < 1.29 is 0 Å². The molecule has 1 aliphatic heterocycles. The molecule has 62 heavy (non-hydrogen) atoms. The number of rotatable bonds is 10. The summed E-state index contributed by atoms with van der Waals surface area (Å²) in [6.45, 7) is 18.5. The van der Waals surface area contributed by atoms with Crippen LogP contribution in [0.2, 0.25) is 0 Å². The number of aromatic nitrogens is 4. The molecule has 1 unspecified atom stereocenters. The van der Waals surface area contributed by atoms with Crippen LogP contribution < -0.4 is 4.90 Å². The standard InChI is InChI=1S/C56H56N6/c1-34(2)39-20-15-21-40(35(3)4)43(39)28-29-47-53-56(58-32-31-57-53)61(54-41(36(5)6)22-16-23-42(54)37(7)8)55(47)59-62-51-26-14-11-19-46(51)48-33-38(27-30-52(48)62)60-49-24-12-9-17-44(49)45-18-10-13-25-50(45)60/h9-27,30-37,47H,28-29H2,1-8H3/b59-55-. The third-order valence-electron chi connectivity index (χ3n) is 13.2. The van der Waals surface area contributed by atoms with Crippen molar-refractivity contribution in [3.63, 3.8) is 0 Å². The molecular formula is C56H56N6. The van der Waals surface area contributed by atoms with Gasteiger partial charge in [-0.1, -0.05) is 146 Å². The number of hydrogen-bond acceptors (Lipinski definition) is 3. The predicted octanol–water partition coefficient (Wildman–Crippen LogP) is 14.9. The summed E-state index contributed by atoms with van der Waals surface area (Å²) < 4.78 is 4.61. The van der Waals surface area contributed by atoms with E-state index in [2.05, 4.69) is 197 Å². The summed E-state index contributed by atoms with van der Waals surface area (Å²) in [7, 11) is 0. The maximum absolute atomic E-state index is 5.92. The fourth-order valence-corrected chi connectivity index (χ4v) is 10.3. The van der Waals surface area contributed by atoms with Crippen molar-refractivity contribution >= 4 is 61.0 Å². The molecule has 10 rings (SSSR count). The summed E-state index contributed by atoms with van der Waals surface area (Å²) in [5.41, 5.74) is 14.7. The highest BCUT2D eigenvalue weighted by Gasteiger charge is 2.41. The second kappa shape index (κ2) is 15.7. The van der Waals surface area contributed by atoms with E-state index < -0.39 is 0 Å². The Labute approximate surface area is 365 Å². The van der Waals surface area contributed by atoms with Gasteiger partial charge in [0, 0.05) is 39.6 Å². The van der Waals surface area contributed by atoms with Crippen molar-refractivity contribution in [3.8, 4) is 5.69 Å². The zero-order chi connectivity index (χ0) is 42.8. The van der Waals surface area contributed by atoms with Gasteiger partial charge >= 0.3 is 0 Å². The van der Waals surface area contributed by atoms with Crippen LogP contribution in [0, 0.1) is 0 Å². The molecule has 0 saturated heterocycles. The average Bonchev–Trinajstić information content (AvgIpc) is 3.90. The lowest BCUT2D eigenvalue weighted by Crippen LogP contribution is -2.28. The Morgan fingerprint density at radius 2 is 1.02 bits per heavy atom. The van der Waals surface area contributed by atoms with Crippen molar-refractivity contribution in [1.29, 1.82) is 0 Å². The molecule has 0 N–H and O–H groups in total. The van der Waals surface area contributed by atoms with Crippen molar-refractivity contribution in [2.45, 2.75) is 97.8 Å². The largest absolute Gasteiger partial charge is 0.309 e. The van der Waals surface area contributed by atoms with Gasteiger partial charge in [0.15, 0.2) is 5.82 Å². The summed E-state index contributed by atoms with van der Waals surface area (Å²) in [4.78, 5) is 12.8. The summed E-state index contributed by atoms with van der Waals surface area (Å²) in [6.07, 6.45) is 5.47. The van der Waals surface area contributed by atoms with Crippen LogP contribution in [0.3, 0.4) is 0 Å². The fraction of sp³-hybridized carbons (Fsp3) is 0.268. The molecule has 0 spiro atoms. The first-order chi connectivity index (χ1) is 30.1. The second-order valence-corrected chi connectivity index (χ2v) is 18.4. The number of hydrogen-bond donors (Lipinski definition) is 0. The summed E-state index contributed by atoms with van der Waals surface area (Å²) in [5, 5.41) is 10.8.